The molecule has 1 aromatic rings. The standard InChI is InChI=1S/C12H13NO2S/c1-2-15-12(14)11-6-5-10(16)8-9(11)4-3-7-13/h5-6,8,16H,2-4H2,1H3. The zero-order valence-corrected chi connectivity index (χ0v) is 9.96. The van der Waals surface area contributed by atoms with Crippen molar-refractivity contribution in [2.24, 2.45) is 0 Å². The van der Waals surface area contributed by atoms with E-state index >= 15 is 0 Å². The first-order valence-electron chi connectivity index (χ1n) is 5.05. The molecule has 1 aromatic carbocycles. The third-order valence-electron chi connectivity index (χ3n) is 2.09. The lowest BCUT2D eigenvalue weighted by molar-refractivity contribution is 0.0525. The van der Waals surface area contributed by atoms with Crippen molar-refractivity contribution < 1.29 is 9.53 Å². The third kappa shape index (κ3) is 3.28. The fraction of sp³-hybridized carbons (Fsp3) is 0.333. The summed E-state index contributed by atoms with van der Waals surface area (Å²) in [6.45, 7) is 2.11. The summed E-state index contributed by atoms with van der Waals surface area (Å²) in [6.07, 6.45) is 0.919. The van der Waals surface area contributed by atoms with Gasteiger partial charge >= 0.3 is 5.97 Å². The summed E-state index contributed by atoms with van der Waals surface area (Å²) in [5, 5.41) is 8.54. The molecule has 0 radical (unpaired) electrons. The minimum Gasteiger partial charge on any atom is -0.462 e. The summed E-state index contributed by atoms with van der Waals surface area (Å²) in [4.78, 5) is 12.4. The highest BCUT2D eigenvalue weighted by Gasteiger charge is 2.12. The molecule has 0 aliphatic heterocycles. The lowest BCUT2D eigenvalue weighted by atomic mass is 10.0. The van der Waals surface area contributed by atoms with Gasteiger partial charge < -0.3 is 4.74 Å². The Morgan fingerprint density at radius 2 is 2.31 bits per heavy atom. The van der Waals surface area contributed by atoms with Crippen molar-refractivity contribution in [3.63, 3.8) is 0 Å². The van der Waals surface area contributed by atoms with Crippen molar-refractivity contribution in [1.82, 2.24) is 0 Å². The number of ether oxygens (including phenoxy) is 1. The minimum absolute atomic E-state index is 0.344. The van der Waals surface area contributed by atoms with Crippen LogP contribution >= 0.6 is 12.6 Å². The number of benzene rings is 1. The van der Waals surface area contributed by atoms with Crippen LogP contribution in [0.25, 0.3) is 0 Å². The van der Waals surface area contributed by atoms with E-state index in [0.29, 0.717) is 25.0 Å². The average Bonchev–Trinajstić information content (AvgIpc) is 2.26. The number of aryl methyl sites for hydroxylation is 1. The lowest BCUT2D eigenvalue weighted by Gasteiger charge is -2.08. The minimum atomic E-state index is -0.344. The summed E-state index contributed by atoms with van der Waals surface area (Å²) >= 11 is 4.21. The maximum Gasteiger partial charge on any atom is 0.338 e. The van der Waals surface area contributed by atoms with E-state index in [4.69, 9.17) is 10.00 Å². The molecule has 0 amide bonds. The van der Waals surface area contributed by atoms with E-state index < -0.39 is 0 Å². The number of hydrogen-bond acceptors (Lipinski definition) is 4. The second-order valence-electron chi connectivity index (χ2n) is 3.22. The number of esters is 1. The quantitative estimate of drug-likeness (QED) is 0.644. The van der Waals surface area contributed by atoms with Crippen LogP contribution in [0.5, 0.6) is 0 Å². The molecule has 84 valence electrons. The molecule has 0 aliphatic carbocycles. The Morgan fingerprint density at radius 3 is 2.94 bits per heavy atom. The number of rotatable bonds is 4. The predicted molar refractivity (Wildman–Crippen MR) is 63.6 cm³/mol. The lowest BCUT2D eigenvalue weighted by Crippen LogP contribution is -2.08. The first-order chi connectivity index (χ1) is 7.69. The van der Waals surface area contributed by atoms with Crippen LogP contribution < -0.4 is 0 Å². The SMILES string of the molecule is CCOC(=O)c1ccc(S)cc1CCC#N. The number of nitrogens with zero attached hydrogens (tertiary/aromatic N) is 1. The Kier molecular flexibility index (Phi) is 4.87. The maximum atomic E-state index is 11.6. The van der Waals surface area contributed by atoms with E-state index in [-0.39, 0.29) is 5.97 Å². The average molecular weight is 235 g/mol. The van der Waals surface area contributed by atoms with E-state index in [0.717, 1.165) is 10.5 Å². The zero-order valence-electron chi connectivity index (χ0n) is 9.06. The van der Waals surface area contributed by atoms with Gasteiger partial charge in [-0.1, -0.05) is 0 Å². The van der Waals surface area contributed by atoms with Gasteiger partial charge in [-0.2, -0.15) is 5.26 Å². The summed E-state index contributed by atoms with van der Waals surface area (Å²) in [7, 11) is 0. The van der Waals surface area contributed by atoms with Crippen LogP contribution in [-0.4, -0.2) is 12.6 Å². The molecule has 3 nitrogen and oxygen atoms in total. The second kappa shape index (κ2) is 6.19. The predicted octanol–water partition coefficient (Wildman–Crippen LogP) is 2.61. The van der Waals surface area contributed by atoms with Gasteiger partial charge in [0.2, 0.25) is 0 Å². The molecule has 0 spiro atoms. The number of carbonyl (C=O) groups is 1. The van der Waals surface area contributed by atoms with Crippen molar-refractivity contribution in [3.8, 4) is 6.07 Å². The molecule has 0 fully saturated rings. The van der Waals surface area contributed by atoms with Gasteiger partial charge in [0.1, 0.15) is 0 Å². The first kappa shape index (κ1) is 12.6. The Morgan fingerprint density at radius 1 is 1.56 bits per heavy atom. The number of nitriles is 1. The summed E-state index contributed by atoms with van der Waals surface area (Å²) < 4.78 is 4.94. The fourth-order valence-electron chi connectivity index (χ4n) is 1.39. The van der Waals surface area contributed by atoms with Gasteiger partial charge in [0.25, 0.3) is 0 Å². The van der Waals surface area contributed by atoms with Crippen LogP contribution in [0, 0.1) is 11.3 Å². The highest BCUT2D eigenvalue weighted by molar-refractivity contribution is 7.80. The van der Waals surface area contributed by atoms with Gasteiger partial charge in [-0.15, -0.1) is 12.6 Å². The number of hydrogen-bond donors (Lipinski definition) is 1. The molecular weight excluding hydrogens is 222 g/mol. The normalized spacial score (nSPS) is 9.56. The van der Waals surface area contributed by atoms with E-state index in [1.54, 1.807) is 25.1 Å². The van der Waals surface area contributed by atoms with Crippen LogP contribution in [0.3, 0.4) is 0 Å². The van der Waals surface area contributed by atoms with Crippen LogP contribution in [0.1, 0.15) is 29.3 Å². The molecule has 0 unspecified atom stereocenters. The molecule has 4 heteroatoms. The first-order valence-corrected chi connectivity index (χ1v) is 5.49. The number of thiol groups is 1. The molecule has 0 N–H and O–H groups in total. The summed E-state index contributed by atoms with van der Waals surface area (Å²) in [6, 6.07) is 7.28. The highest BCUT2D eigenvalue weighted by Crippen LogP contribution is 2.17. The van der Waals surface area contributed by atoms with Crippen molar-refractivity contribution in [2.75, 3.05) is 6.61 Å². The molecule has 1 rings (SSSR count). The molecular formula is C12H13NO2S. The largest absolute Gasteiger partial charge is 0.462 e. The van der Waals surface area contributed by atoms with Gasteiger partial charge in [0.05, 0.1) is 18.2 Å². The molecule has 16 heavy (non-hydrogen) atoms. The zero-order chi connectivity index (χ0) is 12.0. The van der Waals surface area contributed by atoms with Crippen LogP contribution in [0.2, 0.25) is 0 Å². The summed E-state index contributed by atoms with van der Waals surface area (Å²) in [5.74, 6) is -0.344. The molecule has 0 saturated carbocycles. The molecule has 0 saturated heterocycles. The summed E-state index contributed by atoms with van der Waals surface area (Å²) in [5.41, 5.74) is 1.34. The van der Waals surface area contributed by atoms with Crippen LogP contribution in [0.4, 0.5) is 0 Å². The van der Waals surface area contributed by atoms with Crippen LogP contribution in [0.15, 0.2) is 23.1 Å². The fourth-order valence-corrected chi connectivity index (χ4v) is 1.62. The molecule has 0 bridgehead atoms. The van der Waals surface area contributed by atoms with Gasteiger partial charge in [-0.25, -0.2) is 4.79 Å². The van der Waals surface area contributed by atoms with Crippen molar-refractivity contribution in [2.45, 2.75) is 24.7 Å². The van der Waals surface area contributed by atoms with E-state index in [9.17, 15) is 4.79 Å². The second-order valence-corrected chi connectivity index (χ2v) is 3.74. The number of carbonyl (C=O) groups excluding carboxylic acids is 1. The van der Waals surface area contributed by atoms with Crippen molar-refractivity contribution in [3.05, 3.63) is 29.3 Å². The third-order valence-corrected chi connectivity index (χ3v) is 2.37. The van der Waals surface area contributed by atoms with Gasteiger partial charge in [0.15, 0.2) is 0 Å². The highest BCUT2D eigenvalue weighted by atomic mass is 32.1. The van der Waals surface area contributed by atoms with Gasteiger partial charge in [-0.3, -0.25) is 0 Å². The van der Waals surface area contributed by atoms with Crippen molar-refractivity contribution >= 4 is 18.6 Å². The van der Waals surface area contributed by atoms with E-state index in [2.05, 4.69) is 18.7 Å². The molecule has 0 atom stereocenters. The Labute approximate surface area is 100 Å². The Hall–Kier alpha value is -1.47. The van der Waals surface area contributed by atoms with E-state index in [1.165, 1.54) is 0 Å². The van der Waals surface area contributed by atoms with Crippen LogP contribution in [-0.2, 0) is 11.2 Å². The van der Waals surface area contributed by atoms with Gasteiger partial charge in [0, 0.05) is 11.3 Å². The van der Waals surface area contributed by atoms with Crippen molar-refractivity contribution in [1.29, 1.82) is 5.26 Å². The van der Waals surface area contributed by atoms with E-state index in [1.807, 2.05) is 0 Å². The maximum absolute atomic E-state index is 11.6. The smallest absolute Gasteiger partial charge is 0.338 e. The Balaban J connectivity index is 2.98. The molecule has 0 heterocycles. The molecule has 0 aliphatic rings. The monoisotopic (exact) mass is 235 g/mol. The Bertz CT molecular complexity index is 424. The molecule has 0 aromatic heterocycles. The van der Waals surface area contributed by atoms with Gasteiger partial charge in [-0.05, 0) is 37.1 Å². The topological polar surface area (TPSA) is 50.1 Å².